The molecule has 0 saturated carbocycles. The number of hydrogen-bond donors (Lipinski definition) is 1. The normalized spacial score (nSPS) is 11.5. The molecule has 2 rings (SSSR count). The van der Waals surface area contributed by atoms with Crippen LogP contribution < -0.4 is 5.32 Å². The lowest BCUT2D eigenvalue weighted by atomic mass is 10.2. The van der Waals surface area contributed by atoms with Crippen molar-refractivity contribution in [2.45, 2.75) is 19.5 Å². The summed E-state index contributed by atoms with van der Waals surface area (Å²) in [6.07, 6.45) is 3.38. The Morgan fingerprint density at radius 1 is 1.14 bits per heavy atom. The molecule has 1 unspecified atom stereocenters. The van der Waals surface area contributed by atoms with Gasteiger partial charge >= 0.3 is 0 Å². The largest absolute Gasteiger partial charge is 0.341 e. The maximum Gasteiger partial charge on any atom is 0.251 e. The topological polar surface area (TPSA) is 62.3 Å². The van der Waals surface area contributed by atoms with E-state index in [4.69, 9.17) is 0 Å². The molecule has 1 atom stereocenters. The Bertz CT molecular complexity index is 629. The molecule has 0 saturated heterocycles. The van der Waals surface area contributed by atoms with Crippen molar-refractivity contribution in [1.29, 1.82) is 0 Å². The van der Waals surface area contributed by atoms with Gasteiger partial charge in [0.2, 0.25) is 5.91 Å². The third kappa shape index (κ3) is 4.15. The number of likely N-dealkylation sites (N-methyl/N-ethyl adjacent to an activating group) is 1. The minimum absolute atomic E-state index is 0.138. The van der Waals surface area contributed by atoms with Gasteiger partial charge in [-0.3, -0.25) is 14.6 Å². The molecular weight excluding hydrogens is 278 g/mol. The molecule has 5 heteroatoms. The molecule has 0 aliphatic heterocycles. The van der Waals surface area contributed by atoms with Gasteiger partial charge in [-0.15, -0.1) is 0 Å². The molecule has 2 aromatic rings. The summed E-state index contributed by atoms with van der Waals surface area (Å²) < 4.78 is 0. The molecule has 22 heavy (non-hydrogen) atoms. The quantitative estimate of drug-likeness (QED) is 0.916. The van der Waals surface area contributed by atoms with Crippen LogP contribution in [0.1, 0.15) is 22.8 Å². The first-order valence-corrected chi connectivity index (χ1v) is 7.07. The van der Waals surface area contributed by atoms with Gasteiger partial charge in [-0.05, 0) is 36.8 Å². The number of carbonyl (C=O) groups excluding carboxylic acids is 2. The van der Waals surface area contributed by atoms with E-state index in [0.717, 1.165) is 5.56 Å². The summed E-state index contributed by atoms with van der Waals surface area (Å²) in [7, 11) is 1.72. The Morgan fingerprint density at radius 3 is 2.41 bits per heavy atom. The molecule has 0 aliphatic rings. The molecule has 5 nitrogen and oxygen atoms in total. The zero-order chi connectivity index (χ0) is 15.9. The van der Waals surface area contributed by atoms with Gasteiger partial charge in [0.25, 0.3) is 5.91 Å². The number of nitrogens with zero attached hydrogens (tertiary/aromatic N) is 2. The molecule has 0 bridgehead atoms. The minimum atomic E-state index is -0.584. The zero-order valence-electron chi connectivity index (χ0n) is 12.7. The monoisotopic (exact) mass is 297 g/mol. The predicted molar refractivity (Wildman–Crippen MR) is 84.1 cm³/mol. The molecule has 2 amide bonds. The van der Waals surface area contributed by atoms with Gasteiger partial charge in [-0.1, -0.05) is 18.2 Å². The van der Waals surface area contributed by atoms with Gasteiger partial charge in [-0.25, -0.2) is 0 Å². The number of nitrogens with one attached hydrogen (secondary N) is 1. The van der Waals surface area contributed by atoms with E-state index in [2.05, 4.69) is 10.3 Å². The molecule has 1 aromatic carbocycles. The number of hydrogen-bond acceptors (Lipinski definition) is 3. The summed E-state index contributed by atoms with van der Waals surface area (Å²) in [5.74, 6) is -0.389. The van der Waals surface area contributed by atoms with Crippen LogP contribution in [-0.4, -0.2) is 34.8 Å². The first-order chi connectivity index (χ1) is 10.6. The third-order valence-electron chi connectivity index (χ3n) is 3.30. The molecule has 0 aliphatic carbocycles. The second-order valence-corrected chi connectivity index (χ2v) is 5.11. The summed E-state index contributed by atoms with van der Waals surface area (Å²) in [5, 5.41) is 2.72. The van der Waals surface area contributed by atoms with Crippen molar-refractivity contribution < 1.29 is 9.59 Å². The first kappa shape index (κ1) is 15.7. The van der Waals surface area contributed by atoms with Gasteiger partial charge in [0, 0.05) is 31.5 Å². The van der Waals surface area contributed by atoms with Crippen molar-refractivity contribution >= 4 is 11.8 Å². The van der Waals surface area contributed by atoms with E-state index in [9.17, 15) is 9.59 Å². The van der Waals surface area contributed by atoms with Crippen molar-refractivity contribution in [3.63, 3.8) is 0 Å². The van der Waals surface area contributed by atoms with Crippen LogP contribution in [-0.2, 0) is 11.3 Å². The van der Waals surface area contributed by atoms with Crippen LogP contribution in [0.5, 0.6) is 0 Å². The summed E-state index contributed by atoms with van der Waals surface area (Å²) in [6, 6.07) is 12.0. The van der Waals surface area contributed by atoms with Crippen LogP contribution in [0, 0.1) is 0 Å². The molecule has 0 fully saturated rings. The lowest BCUT2D eigenvalue weighted by Gasteiger charge is -2.22. The van der Waals surface area contributed by atoms with Crippen molar-refractivity contribution in [2.24, 2.45) is 0 Å². The second kappa shape index (κ2) is 7.36. The van der Waals surface area contributed by atoms with Crippen LogP contribution in [0.3, 0.4) is 0 Å². The number of rotatable bonds is 5. The van der Waals surface area contributed by atoms with E-state index in [1.54, 1.807) is 55.5 Å². The molecule has 1 aromatic heterocycles. The van der Waals surface area contributed by atoms with Crippen LogP contribution >= 0.6 is 0 Å². The average Bonchev–Trinajstić information content (AvgIpc) is 2.55. The number of carbonyl (C=O) groups is 2. The number of aromatic nitrogens is 1. The highest BCUT2D eigenvalue weighted by Crippen LogP contribution is 2.04. The molecule has 1 heterocycles. The fraction of sp³-hybridized carbons (Fsp3) is 0.235. The first-order valence-electron chi connectivity index (χ1n) is 7.07. The highest BCUT2D eigenvalue weighted by Gasteiger charge is 2.20. The van der Waals surface area contributed by atoms with Crippen molar-refractivity contribution in [2.75, 3.05) is 7.05 Å². The van der Waals surface area contributed by atoms with Gasteiger partial charge < -0.3 is 10.2 Å². The van der Waals surface area contributed by atoms with E-state index in [1.165, 1.54) is 0 Å². The third-order valence-corrected chi connectivity index (χ3v) is 3.30. The summed E-state index contributed by atoms with van der Waals surface area (Å²) in [4.78, 5) is 29.9. The minimum Gasteiger partial charge on any atom is -0.341 e. The summed E-state index contributed by atoms with van der Waals surface area (Å²) in [5.41, 5.74) is 1.53. The Labute approximate surface area is 130 Å². The predicted octanol–water partition coefficient (Wildman–Crippen LogP) is 1.86. The van der Waals surface area contributed by atoms with Crippen LogP contribution in [0.4, 0.5) is 0 Å². The Kier molecular flexibility index (Phi) is 5.25. The molecule has 1 N–H and O–H groups in total. The second-order valence-electron chi connectivity index (χ2n) is 5.11. The zero-order valence-corrected chi connectivity index (χ0v) is 12.7. The molecule has 0 spiro atoms. The van der Waals surface area contributed by atoms with Gasteiger partial charge in [-0.2, -0.15) is 0 Å². The molecule has 0 radical (unpaired) electrons. The fourth-order valence-corrected chi connectivity index (χ4v) is 2.10. The molecular formula is C17H19N3O2. The Hall–Kier alpha value is -2.69. The highest BCUT2D eigenvalue weighted by atomic mass is 16.2. The number of pyridine rings is 1. The fourth-order valence-electron chi connectivity index (χ4n) is 2.10. The maximum atomic E-state index is 12.3. The van der Waals surface area contributed by atoms with Crippen molar-refractivity contribution in [3.8, 4) is 0 Å². The molecule has 114 valence electrons. The lowest BCUT2D eigenvalue weighted by Crippen LogP contribution is -2.45. The highest BCUT2D eigenvalue weighted by molar-refractivity contribution is 5.97. The van der Waals surface area contributed by atoms with Crippen LogP contribution in [0.15, 0.2) is 54.9 Å². The smallest absolute Gasteiger partial charge is 0.251 e. The SMILES string of the molecule is CC(NC(=O)c1ccccc1)C(=O)N(C)Cc1ccncc1. The number of benzene rings is 1. The number of amides is 2. The van der Waals surface area contributed by atoms with Crippen LogP contribution in [0.25, 0.3) is 0 Å². The van der Waals surface area contributed by atoms with E-state index in [-0.39, 0.29) is 11.8 Å². The van der Waals surface area contributed by atoms with E-state index < -0.39 is 6.04 Å². The average molecular weight is 297 g/mol. The summed E-state index contributed by atoms with van der Waals surface area (Å²) in [6.45, 7) is 2.17. The standard InChI is InChI=1S/C17H19N3O2/c1-13(19-16(21)15-6-4-3-5-7-15)17(22)20(2)12-14-8-10-18-11-9-14/h3-11,13H,12H2,1-2H3,(H,19,21). The van der Waals surface area contributed by atoms with Gasteiger partial charge in [0.05, 0.1) is 0 Å². The van der Waals surface area contributed by atoms with Crippen molar-refractivity contribution in [3.05, 3.63) is 66.0 Å². The summed E-state index contributed by atoms with van der Waals surface area (Å²) >= 11 is 0. The van der Waals surface area contributed by atoms with Crippen molar-refractivity contribution in [1.82, 2.24) is 15.2 Å². The van der Waals surface area contributed by atoms with Crippen LogP contribution in [0.2, 0.25) is 0 Å². The Morgan fingerprint density at radius 2 is 1.77 bits per heavy atom. The van der Waals surface area contributed by atoms with E-state index in [1.807, 2.05) is 18.2 Å². The maximum absolute atomic E-state index is 12.3. The van der Waals surface area contributed by atoms with E-state index >= 15 is 0 Å². The van der Waals surface area contributed by atoms with Gasteiger partial charge in [0.1, 0.15) is 6.04 Å². The lowest BCUT2D eigenvalue weighted by molar-refractivity contribution is -0.132. The Balaban J connectivity index is 1.93. The van der Waals surface area contributed by atoms with E-state index in [0.29, 0.717) is 12.1 Å². The van der Waals surface area contributed by atoms with Gasteiger partial charge in [0.15, 0.2) is 0 Å².